The van der Waals surface area contributed by atoms with Crippen LogP contribution in [0.2, 0.25) is 0 Å². The summed E-state index contributed by atoms with van der Waals surface area (Å²) in [6.45, 7) is 11.0. The van der Waals surface area contributed by atoms with Gasteiger partial charge in [-0.2, -0.15) is 0 Å². The van der Waals surface area contributed by atoms with Crippen molar-refractivity contribution in [2.45, 2.75) is 59.4 Å². The molecule has 8 nitrogen and oxygen atoms in total. The molecule has 9 heteroatoms. The fourth-order valence-electron chi connectivity index (χ4n) is 3.69. The van der Waals surface area contributed by atoms with Crippen LogP contribution in [0.4, 0.5) is 5.82 Å². The van der Waals surface area contributed by atoms with Gasteiger partial charge in [-0.3, -0.25) is 18.7 Å². The third-order valence-electron chi connectivity index (χ3n) is 5.55. The molecule has 2 N–H and O–H groups in total. The van der Waals surface area contributed by atoms with Crippen molar-refractivity contribution in [1.29, 1.82) is 0 Å². The maximum atomic E-state index is 13.2. The van der Waals surface area contributed by atoms with Gasteiger partial charge in [-0.1, -0.05) is 55.9 Å². The summed E-state index contributed by atoms with van der Waals surface area (Å²) in [6.07, 6.45) is 0. The highest BCUT2D eigenvalue weighted by Gasteiger charge is 2.23. The minimum Gasteiger partial charge on any atom is -0.384 e. The molecule has 0 saturated heterocycles. The van der Waals surface area contributed by atoms with Crippen molar-refractivity contribution in [1.82, 2.24) is 18.7 Å². The first-order valence-corrected chi connectivity index (χ1v) is 12.0. The second-order valence-corrected chi connectivity index (χ2v) is 9.39. The summed E-state index contributed by atoms with van der Waals surface area (Å²) in [6, 6.07) is 9.33. The van der Waals surface area contributed by atoms with Gasteiger partial charge in [0, 0.05) is 18.8 Å². The molecule has 0 atom stereocenters. The summed E-state index contributed by atoms with van der Waals surface area (Å²) < 4.78 is 4.46. The molecule has 2 heterocycles. The fourth-order valence-corrected chi connectivity index (χ4v) is 4.66. The molecule has 3 rings (SSSR count). The van der Waals surface area contributed by atoms with Gasteiger partial charge in [0.25, 0.3) is 5.56 Å². The van der Waals surface area contributed by atoms with Gasteiger partial charge < -0.3 is 10.3 Å². The third kappa shape index (κ3) is 5.13. The fraction of sp³-hybridized carbons (Fsp3) is 0.417. The van der Waals surface area contributed by atoms with Gasteiger partial charge in [-0.25, -0.2) is 9.78 Å². The van der Waals surface area contributed by atoms with E-state index in [1.807, 2.05) is 44.2 Å². The van der Waals surface area contributed by atoms with Crippen LogP contribution in [0.25, 0.3) is 0 Å². The predicted molar refractivity (Wildman–Crippen MR) is 132 cm³/mol. The van der Waals surface area contributed by atoms with E-state index in [9.17, 15) is 14.4 Å². The first kappa shape index (κ1) is 24.6. The van der Waals surface area contributed by atoms with Crippen LogP contribution in [0, 0.1) is 19.8 Å². The van der Waals surface area contributed by atoms with Crippen molar-refractivity contribution in [2.75, 3.05) is 11.5 Å². The number of carbonyl (C=O) groups is 1. The number of nitrogens with two attached hydrogens (primary N) is 1. The van der Waals surface area contributed by atoms with Crippen molar-refractivity contribution in [2.24, 2.45) is 5.92 Å². The summed E-state index contributed by atoms with van der Waals surface area (Å²) in [7, 11) is 0. The number of carbonyl (C=O) groups excluding carboxylic acids is 1. The number of benzene rings is 1. The second kappa shape index (κ2) is 10.2. The molecule has 1 aromatic carbocycles. The number of rotatable bonds is 9. The Morgan fingerprint density at radius 3 is 2.36 bits per heavy atom. The Kier molecular flexibility index (Phi) is 7.63. The van der Waals surface area contributed by atoms with Crippen LogP contribution in [0.15, 0.2) is 45.1 Å². The molecule has 0 saturated carbocycles. The number of Topliss-reactive ketones (excluding diaryl/α,β-unsaturated/α-hetero) is 1. The summed E-state index contributed by atoms with van der Waals surface area (Å²) in [5.41, 5.74) is 7.76. The van der Waals surface area contributed by atoms with Gasteiger partial charge in [-0.05, 0) is 32.3 Å². The van der Waals surface area contributed by atoms with E-state index in [-0.39, 0.29) is 30.2 Å². The average Bonchev–Trinajstić information content (AvgIpc) is 3.03. The van der Waals surface area contributed by atoms with E-state index in [4.69, 9.17) is 5.73 Å². The molecule has 0 spiro atoms. The first-order valence-electron chi connectivity index (χ1n) is 11.0. The van der Waals surface area contributed by atoms with E-state index >= 15 is 0 Å². The number of anilines is 1. The van der Waals surface area contributed by atoms with Crippen LogP contribution < -0.4 is 17.0 Å². The third-order valence-corrected chi connectivity index (χ3v) is 6.53. The Labute approximate surface area is 197 Å². The van der Waals surface area contributed by atoms with Crippen LogP contribution in [-0.4, -0.2) is 30.2 Å². The van der Waals surface area contributed by atoms with Crippen LogP contribution in [0.1, 0.15) is 48.1 Å². The maximum absolute atomic E-state index is 13.2. The topological polar surface area (TPSA) is 105 Å². The first-order chi connectivity index (χ1) is 15.6. The maximum Gasteiger partial charge on any atom is 0.332 e. The molecule has 0 aliphatic carbocycles. The summed E-state index contributed by atoms with van der Waals surface area (Å²) in [5.74, 6) is -0.0926. The lowest BCUT2D eigenvalue weighted by atomic mass is 10.2. The molecule has 0 unspecified atom stereocenters. The standard InChI is InChI=1S/C24H31N5O3S/c1-6-27-22(31)20(21(25)29(24(27)32)13-18-10-8-7-9-11-18)19(30)14-33-23-26-16(4)17(5)28(23)12-15(2)3/h7-11,15H,6,12-14,25H2,1-5H3. The zero-order valence-corrected chi connectivity index (χ0v) is 20.6. The number of nitrogen functional groups attached to an aromatic ring is 1. The van der Waals surface area contributed by atoms with Gasteiger partial charge in [0.05, 0.1) is 18.0 Å². The lowest BCUT2D eigenvalue weighted by Gasteiger charge is -2.16. The van der Waals surface area contributed by atoms with E-state index in [2.05, 4.69) is 23.4 Å². The molecule has 33 heavy (non-hydrogen) atoms. The quantitative estimate of drug-likeness (QED) is 0.381. The Morgan fingerprint density at radius 1 is 1.09 bits per heavy atom. The predicted octanol–water partition coefficient (Wildman–Crippen LogP) is 3.10. The number of aromatic nitrogens is 4. The molecule has 0 bridgehead atoms. The normalized spacial score (nSPS) is 11.3. The molecule has 0 radical (unpaired) electrons. The van der Waals surface area contributed by atoms with Crippen molar-refractivity contribution >= 4 is 23.4 Å². The molecular weight excluding hydrogens is 438 g/mol. The molecule has 2 aromatic heterocycles. The Hall–Kier alpha value is -3.07. The number of aryl methyl sites for hydroxylation is 1. The highest BCUT2D eigenvalue weighted by molar-refractivity contribution is 7.99. The monoisotopic (exact) mass is 469 g/mol. The summed E-state index contributed by atoms with van der Waals surface area (Å²) >= 11 is 1.28. The SMILES string of the molecule is CCn1c(=O)c(C(=O)CSc2nc(C)c(C)n2CC(C)C)c(N)n(Cc2ccccc2)c1=O. The van der Waals surface area contributed by atoms with Gasteiger partial charge in [-0.15, -0.1) is 0 Å². The number of imidazole rings is 1. The van der Waals surface area contributed by atoms with Crippen LogP contribution in [0.3, 0.4) is 0 Å². The number of ketones is 1. The van der Waals surface area contributed by atoms with Crippen molar-refractivity contribution < 1.29 is 4.79 Å². The lowest BCUT2D eigenvalue weighted by molar-refractivity contribution is 0.102. The second-order valence-electron chi connectivity index (χ2n) is 8.45. The molecule has 3 aromatic rings. The van der Waals surface area contributed by atoms with E-state index in [1.54, 1.807) is 6.92 Å². The molecule has 0 fully saturated rings. The average molecular weight is 470 g/mol. The van der Waals surface area contributed by atoms with Crippen molar-refractivity contribution in [3.05, 3.63) is 73.7 Å². The van der Waals surface area contributed by atoms with Crippen molar-refractivity contribution in [3.8, 4) is 0 Å². The van der Waals surface area contributed by atoms with E-state index in [0.29, 0.717) is 5.92 Å². The largest absolute Gasteiger partial charge is 0.384 e. The Balaban J connectivity index is 1.97. The highest BCUT2D eigenvalue weighted by atomic mass is 32.2. The van der Waals surface area contributed by atoms with Gasteiger partial charge in [0.15, 0.2) is 10.9 Å². The molecule has 0 aliphatic rings. The molecule has 0 aliphatic heterocycles. The lowest BCUT2D eigenvalue weighted by Crippen LogP contribution is -2.44. The van der Waals surface area contributed by atoms with Gasteiger partial charge in [0.1, 0.15) is 11.4 Å². The van der Waals surface area contributed by atoms with Crippen LogP contribution >= 0.6 is 11.8 Å². The van der Waals surface area contributed by atoms with Crippen LogP contribution in [0.5, 0.6) is 0 Å². The van der Waals surface area contributed by atoms with Gasteiger partial charge in [0.2, 0.25) is 0 Å². The van der Waals surface area contributed by atoms with Gasteiger partial charge >= 0.3 is 5.69 Å². The van der Waals surface area contributed by atoms with E-state index < -0.39 is 17.0 Å². The molecule has 0 amide bonds. The van der Waals surface area contributed by atoms with E-state index in [1.165, 1.54) is 16.3 Å². The minimum absolute atomic E-state index is 0.000678. The zero-order chi connectivity index (χ0) is 24.3. The molecule has 176 valence electrons. The number of hydrogen-bond acceptors (Lipinski definition) is 6. The summed E-state index contributed by atoms with van der Waals surface area (Å²) in [5, 5.41) is 0.735. The minimum atomic E-state index is -0.646. The van der Waals surface area contributed by atoms with Crippen molar-refractivity contribution in [3.63, 3.8) is 0 Å². The Bertz CT molecular complexity index is 1270. The van der Waals surface area contributed by atoms with Crippen LogP contribution in [-0.2, 0) is 19.6 Å². The smallest absolute Gasteiger partial charge is 0.332 e. The molecular formula is C24H31N5O3S. The number of nitrogens with zero attached hydrogens (tertiary/aromatic N) is 4. The van der Waals surface area contributed by atoms with E-state index in [0.717, 1.165) is 33.2 Å². The summed E-state index contributed by atoms with van der Waals surface area (Å²) in [4.78, 5) is 43.7. The number of thioether (sulfide) groups is 1. The highest BCUT2D eigenvalue weighted by Crippen LogP contribution is 2.24. The Morgan fingerprint density at radius 2 is 1.76 bits per heavy atom. The zero-order valence-electron chi connectivity index (χ0n) is 19.8. The number of hydrogen-bond donors (Lipinski definition) is 1.